The highest BCUT2D eigenvalue weighted by molar-refractivity contribution is 5.97. The zero-order valence-electron chi connectivity index (χ0n) is 23.3. The normalized spacial score (nSPS) is 23.1. The maximum Gasteiger partial charge on any atom is 0.199 e. The van der Waals surface area contributed by atoms with Crippen LogP contribution in [0.5, 0.6) is 11.5 Å². The van der Waals surface area contributed by atoms with Gasteiger partial charge in [0, 0.05) is 29.6 Å². The average molecular weight is 537 g/mol. The Morgan fingerprint density at radius 1 is 0.850 bits per heavy atom. The molecule has 7 rings (SSSR count). The molecule has 1 aromatic heterocycles. The van der Waals surface area contributed by atoms with Gasteiger partial charge in [-0.2, -0.15) is 5.10 Å². The van der Waals surface area contributed by atoms with Gasteiger partial charge in [-0.15, -0.1) is 0 Å². The van der Waals surface area contributed by atoms with E-state index in [-0.39, 0.29) is 18.6 Å². The van der Waals surface area contributed by atoms with Crippen molar-refractivity contribution in [3.05, 3.63) is 89.1 Å². The van der Waals surface area contributed by atoms with E-state index >= 15 is 0 Å². The molecule has 0 amide bonds. The predicted octanol–water partition coefficient (Wildman–Crippen LogP) is 8.01. The molecule has 3 atom stereocenters. The van der Waals surface area contributed by atoms with E-state index in [1.165, 1.54) is 11.1 Å². The summed E-state index contributed by atoms with van der Waals surface area (Å²) >= 11 is 0. The van der Waals surface area contributed by atoms with Crippen LogP contribution in [0.2, 0.25) is 0 Å². The summed E-state index contributed by atoms with van der Waals surface area (Å²) in [6.07, 6.45) is 7.90. The van der Waals surface area contributed by atoms with Crippen molar-refractivity contribution in [2.45, 2.75) is 71.0 Å². The first kappa shape index (κ1) is 25.4. The molecule has 0 aliphatic carbocycles. The van der Waals surface area contributed by atoms with Gasteiger partial charge < -0.3 is 18.9 Å². The summed E-state index contributed by atoms with van der Waals surface area (Å²) in [7, 11) is 0. The molecule has 3 aliphatic rings. The number of hydrogen-bond acceptors (Lipinski definition) is 5. The summed E-state index contributed by atoms with van der Waals surface area (Å²) < 4.78 is 27.0. The Balaban J connectivity index is 1.33. The fourth-order valence-corrected chi connectivity index (χ4v) is 6.16. The molecule has 0 radical (unpaired) electrons. The number of aromatic nitrogens is 2. The van der Waals surface area contributed by atoms with Gasteiger partial charge in [0.15, 0.2) is 12.5 Å². The first-order chi connectivity index (χ1) is 19.6. The van der Waals surface area contributed by atoms with Crippen LogP contribution in [0.25, 0.3) is 22.0 Å². The minimum absolute atomic E-state index is 0.0190. The minimum Gasteiger partial charge on any atom is -0.480 e. The van der Waals surface area contributed by atoms with Crippen molar-refractivity contribution in [3.63, 3.8) is 0 Å². The minimum atomic E-state index is -0.235. The van der Waals surface area contributed by atoms with Crippen molar-refractivity contribution < 1.29 is 18.9 Å². The summed E-state index contributed by atoms with van der Waals surface area (Å²) in [5, 5.41) is 5.84. The van der Waals surface area contributed by atoms with Crippen LogP contribution >= 0.6 is 0 Å². The van der Waals surface area contributed by atoms with Gasteiger partial charge in [0.1, 0.15) is 17.6 Å². The Morgan fingerprint density at radius 2 is 1.68 bits per heavy atom. The van der Waals surface area contributed by atoms with E-state index in [0.717, 1.165) is 96.4 Å². The molecule has 6 nitrogen and oxygen atoms in total. The van der Waals surface area contributed by atoms with Crippen LogP contribution in [0.1, 0.15) is 80.0 Å². The lowest BCUT2D eigenvalue weighted by Gasteiger charge is -2.32. The van der Waals surface area contributed by atoms with Crippen LogP contribution < -0.4 is 9.47 Å². The van der Waals surface area contributed by atoms with Crippen LogP contribution in [0.15, 0.2) is 66.9 Å². The molecule has 3 unspecified atom stereocenters. The number of aryl methyl sites for hydroxylation is 1. The highest BCUT2D eigenvalue weighted by atomic mass is 16.7. The second-order valence-electron chi connectivity index (χ2n) is 11.2. The van der Waals surface area contributed by atoms with Crippen molar-refractivity contribution in [1.29, 1.82) is 0 Å². The molecule has 6 heteroatoms. The van der Waals surface area contributed by atoms with Crippen LogP contribution in [0.4, 0.5) is 0 Å². The van der Waals surface area contributed by atoms with Crippen molar-refractivity contribution in [2.75, 3.05) is 13.2 Å². The highest BCUT2D eigenvalue weighted by Gasteiger charge is 2.30. The molecule has 4 aromatic rings. The van der Waals surface area contributed by atoms with E-state index in [1.54, 1.807) is 0 Å². The lowest BCUT2D eigenvalue weighted by molar-refractivity contribution is -0.105. The Morgan fingerprint density at radius 3 is 2.45 bits per heavy atom. The van der Waals surface area contributed by atoms with Crippen LogP contribution in [-0.4, -0.2) is 29.3 Å². The highest BCUT2D eigenvalue weighted by Crippen LogP contribution is 2.48. The van der Waals surface area contributed by atoms with E-state index in [4.69, 9.17) is 24.0 Å². The Kier molecular flexibility index (Phi) is 6.82. The van der Waals surface area contributed by atoms with E-state index in [0.29, 0.717) is 0 Å². The van der Waals surface area contributed by atoms with Gasteiger partial charge in [0.2, 0.25) is 0 Å². The Bertz CT molecular complexity index is 1540. The van der Waals surface area contributed by atoms with Crippen LogP contribution in [0.3, 0.4) is 0 Å². The Labute approximate surface area is 235 Å². The smallest absolute Gasteiger partial charge is 0.199 e. The summed E-state index contributed by atoms with van der Waals surface area (Å²) in [6, 6.07) is 21.4. The SMILES string of the molecule is CC1=C(c2ccc3cnn(C4CCCCO4)c3c2)C(c2ccc(C)cc2)Oc2ccc(OC3CCCCO3)cc21. The number of benzene rings is 3. The molecular formula is C34H36N2O4. The number of nitrogens with zero attached hydrogens (tertiary/aromatic N) is 2. The molecule has 40 heavy (non-hydrogen) atoms. The van der Waals surface area contributed by atoms with Gasteiger partial charge in [-0.1, -0.05) is 42.0 Å². The van der Waals surface area contributed by atoms with E-state index in [9.17, 15) is 0 Å². The van der Waals surface area contributed by atoms with E-state index < -0.39 is 0 Å². The monoisotopic (exact) mass is 536 g/mol. The zero-order valence-corrected chi connectivity index (χ0v) is 23.3. The van der Waals surface area contributed by atoms with Gasteiger partial charge in [-0.3, -0.25) is 0 Å². The number of rotatable bonds is 5. The van der Waals surface area contributed by atoms with E-state index in [2.05, 4.69) is 67.1 Å². The zero-order chi connectivity index (χ0) is 27.1. The summed E-state index contributed by atoms with van der Waals surface area (Å²) in [4.78, 5) is 0. The number of fused-ring (bicyclic) bond motifs is 2. The van der Waals surface area contributed by atoms with E-state index in [1.807, 2.05) is 18.3 Å². The molecule has 0 saturated carbocycles. The molecule has 206 valence electrons. The third-order valence-electron chi connectivity index (χ3n) is 8.39. The maximum absolute atomic E-state index is 6.79. The first-order valence-electron chi connectivity index (χ1n) is 14.6. The lowest BCUT2D eigenvalue weighted by atomic mass is 9.85. The number of allylic oxidation sites excluding steroid dienone is 1. The van der Waals surface area contributed by atoms with Crippen molar-refractivity contribution >= 4 is 22.0 Å². The molecule has 2 saturated heterocycles. The first-order valence-corrected chi connectivity index (χ1v) is 14.6. The van der Waals surface area contributed by atoms with Crippen molar-refractivity contribution in [2.24, 2.45) is 0 Å². The summed E-state index contributed by atoms with van der Waals surface area (Å²) in [5.74, 6) is 1.68. The molecular weight excluding hydrogens is 500 g/mol. The fourth-order valence-electron chi connectivity index (χ4n) is 6.16. The van der Waals surface area contributed by atoms with Crippen molar-refractivity contribution in [3.8, 4) is 11.5 Å². The largest absolute Gasteiger partial charge is 0.480 e. The lowest BCUT2D eigenvalue weighted by Crippen LogP contribution is -2.25. The summed E-state index contributed by atoms with van der Waals surface area (Å²) in [6.45, 7) is 5.85. The summed E-state index contributed by atoms with van der Waals surface area (Å²) in [5.41, 5.74) is 7.96. The molecule has 3 aromatic carbocycles. The van der Waals surface area contributed by atoms with Gasteiger partial charge in [0.05, 0.1) is 18.3 Å². The standard InChI is InChI=1S/C34H36N2O4/c1-22-9-11-24(12-10-22)34-33(25-13-14-26-21-35-36(29(26)19-25)31-7-3-5-17-37-31)23(2)28-20-27(15-16-30(28)40-34)39-32-8-4-6-18-38-32/h9-16,19-21,31-32,34H,3-8,17-18H2,1-2H3. The van der Waals surface area contributed by atoms with Crippen LogP contribution in [0, 0.1) is 6.92 Å². The third kappa shape index (κ3) is 4.80. The third-order valence-corrected chi connectivity index (χ3v) is 8.39. The molecule has 0 N–H and O–H groups in total. The topological polar surface area (TPSA) is 54.7 Å². The predicted molar refractivity (Wildman–Crippen MR) is 156 cm³/mol. The second-order valence-corrected chi connectivity index (χ2v) is 11.2. The van der Waals surface area contributed by atoms with Gasteiger partial charge >= 0.3 is 0 Å². The van der Waals surface area contributed by atoms with Crippen LogP contribution in [-0.2, 0) is 9.47 Å². The quantitative estimate of drug-likeness (QED) is 0.259. The maximum atomic E-state index is 6.79. The van der Waals surface area contributed by atoms with Gasteiger partial charge in [-0.25, -0.2) is 4.68 Å². The Hall–Kier alpha value is -3.61. The molecule has 4 heterocycles. The van der Waals surface area contributed by atoms with Gasteiger partial charge in [-0.05, 0) is 86.9 Å². The number of ether oxygens (including phenoxy) is 4. The molecule has 0 bridgehead atoms. The molecule has 3 aliphatic heterocycles. The average Bonchev–Trinajstić information content (AvgIpc) is 3.42. The molecule has 2 fully saturated rings. The molecule has 0 spiro atoms. The second kappa shape index (κ2) is 10.8. The fraction of sp³-hybridized carbons (Fsp3) is 0.382. The number of hydrogen-bond donors (Lipinski definition) is 0. The van der Waals surface area contributed by atoms with Crippen molar-refractivity contribution in [1.82, 2.24) is 9.78 Å². The van der Waals surface area contributed by atoms with Gasteiger partial charge in [0.25, 0.3) is 0 Å².